The number of hydrogen-bond donors (Lipinski definition) is 0. The Morgan fingerprint density at radius 3 is 2.57 bits per heavy atom. The summed E-state index contributed by atoms with van der Waals surface area (Å²) < 4.78 is 31.9. The highest BCUT2D eigenvalue weighted by atomic mass is 32.2. The first-order chi connectivity index (χ1) is 9.93. The Labute approximate surface area is 124 Å². The molecule has 0 aliphatic carbocycles. The van der Waals surface area contributed by atoms with Crippen molar-refractivity contribution in [2.45, 2.75) is 17.7 Å². The number of anilines is 1. The molecule has 1 aromatic rings. The van der Waals surface area contributed by atoms with Gasteiger partial charge in [-0.3, -0.25) is 4.79 Å². The van der Waals surface area contributed by atoms with Gasteiger partial charge in [0.15, 0.2) is 0 Å². The van der Waals surface area contributed by atoms with E-state index in [4.69, 9.17) is 4.74 Å². The van der Waals surface area contributed by atoms with Crippen LogP contribution in [0.4, 0.5) is 5.69 Å². The molecule has 0 saturated carbocycles. The first kappa shape index (κ1) is 14.5. The standard InChI is InChI=1S/C14H18N2O4S/c1-10-12-9-11(3-4-13(12)15(2)14(10)17)21(18,19)16-5-7-20-8-6-16/h3-4,9-10H,5-8H2,1-2H3. The third-order valence-electron chi connectivity index (χ3n) is 4.14. The lowest BCUT2D eigenvalue weighted by Gasteiger charge is -2.26. The monoisotopic (exact) mass is 310 g/mol. The fourth-order valence-electron chi connectivity index (χ4n) is 2.82. The Morgan fingerprint density at radius 2 is 1.90 bits per heavy atom. The summed E-state index contributed by atoms with van der Waals surface area (Å²) in [6.07, 6.45) is 0. The van der Waals surface area contributed by atoms with Crippen molar-refractivity contribution in [1.29, 1.82) is 0 Å². The van der Waals surface area contributed by atoms with E-state index in [-0.39, 0.29) is 16.7 Å². The zero-order valence-electron chi connectivity index (χ0n) is 12.1. The van der Waals surface area contributed by atoms with Gasteiger partial charge in [-0.05, 0) is 30.7 Å². The average molecular weight is 310 g/mol. The maximum Gasteiger partial charge on any atom is 0.243 e. The Morgan fingerprint density at radius 1 is 1.24 bits per heavy atom. The number of ether oxygens (including phenoxy) is 1. The van der Waals surface area contributed by atoms with Crippen LogP contribution in [0.5, 0.6) is 0 Å². The molecule has 1 saturated heterocycles. The number of amides is 1. The van der Waals surface area contributed by atoms with E-state index in [0.29, 0.717) is 26.3 Å². The second kappa shape index (κ2) is 5.08. The van der Waals surface area contributed by atoms with Gasteiger partial charge in [0.05, 0.1) is 24.0 Å². The third-order valence-corrected chi connectivity index (χ3v) is 6.03. The summed E-state index contributed by atoms with van der Waals surface area (Å²) in [5.74, 6) is -0.309. The Hall–Kier alpha value is -1.44. The SMILES string of the molecule is CC1C(=O)N(C)c2ccc(S(=O)(=O)N3CCOCC3)cc21. The minimum absolute atomic E-state index is 0.00841. The van der Waals surface area contributed by atoms with Crippen molar-refractivity contribution in [3.05, 3.63) is 23.8 Å². The first-order valence-corrected chi connectivity index (χ1v) is 8.36. The molecule has 2 aliphatic rings. The van der Waals surface area contributed by atoms with Crippen LogP contribution in [0.25, 0.3) is 0 Å². The van der Waals surface area contributed by atoms with Crippen molar-refractivity contribution in [2.24, 2.45) is 0 Å². The molecule has 114 valence electrons. The molecule has 0 bridgehead atoms. The summed E-state index contributed by atoms with van der Waals surface area (Å²) in [6.45, 7) is 3.38. The fourth-order valence-corrected chi connectivity index (χ4v) is 4.27. The second-order valence-electron chi connectivity index (χ2n) is 5.36. The maximum absolute atomic E-state index is 12.6. The number of benzene rings is 1. The third kappa shape index (κ3) is 2.25. The molecule has 21 heavy (non-hydrogen) atoms. The molecule has 0 aromatic heterocycles. The van der Waals surface area contributed by atoms with Crippen molar-refractivity contribution in [3.63, 3.8) is 0 Å². The summed E-state index contributed by atoms with van der Waals surface area (Å²) in [5, 5.41) is 0. The number of likely N-dealkylation sites (N-methyl/N-ethyl adjacent to an activating group) is 1. The number of fused-ring (bicyclic) bond motifs is 1. The van der Waals surface area contributed by atoms with Crippen molar-refractivity contribution in [3.8, 4) is 0 Å². The van der Waals surface area contributed by atoms with Gasteiger partial charge in [-0.25, -0.2) is 8.42 Å². The van der Waals surface area contributed by atoms with Gasteiger partial charge < -0.3 is 9.64 Å². The van der Waals surface area contributed by atoms with E-state index < -0.39 is 10.0 Å². The van der Waals surface area contributed by atoms with Gasteiger partial charge in [-0.1, -0.05) is 0 Å². The molecule has 3 rings (SSSR count). The van der Waals surface area contributed by atoms with E-state index in [1.807, 2.05) is 0 Å². The largest absolute Gasteiger partial charge is 0.379 e. The molecule has 2 heterocycles. The van der Waals surface area contributed by atoms with E-state index in [0.717, 1.165) is 11.3 Å². The summed E-state index contributed by atoms with van der Waals surface area (Å²) >= 11 is 0. The number of rotatable bonds is 2. The van der Waals surface area contributed by atoms with Crippen molar-refractivity contribution < 1.29 is 17.9 Å². The molecule has 0 spiro atoms. The van der Waals surface area contributed by atoms with E-state index in [1.54, 1.807) is 37.1 Å². The van der Waals surface area contributed by atoms with Crippen LogP contribution in [-0.4, -0.2) is 52.0 Å². The maximum atomic E-state index is 12.6. The lowest BCUT2D eigenvalue weighted by Crippen LogP contribution is -2.40. The Balaban J connectivity index is 2.00. The molecule has 0 radical (unpaired) electrons. The highest BCUT2D eigenvalue weighted by Crippen LogP contribution is 2.37. The molecule has 1 fully saturated rings. The summed E-state index contributed by atoms with van der Waals surface area (Å²) in [5.41, 5.74) is 1.56. The van der Waals surface area contributed by atoms with E-state index >= 15 is 0 Å². The van der Waals surface area contributed by atoms with Crippen LogP contribution in [0.2, 0.25) is 0 Å². The number of nitrogens with zero attached hydrogens (tertiary/aromatic N) is 2. The van der Waals surface area contributed by atoms with E-state index in [9.17, 15) is 13.2 Å². The minimum atomic E-state index is -3.52. The van der Waals surface area contributed by atoms with Crippen LogP contribution in [0.15, 0.2) is 23.1 Å². The van der Waals surface area contributed by atoms with Crippen LogP contribution < -0.4 is 4.90 Å². The van der Waals surface area contributed by atoms with Crippen LogP contribution in [0, 0.1) is 0 Å². The predicted molar refractivity (Wildman–Crippen MR) is 77.8 cm³/mol. The van der Waals surface area contributed by atoms with Crippen molar-refractivity contribution in [1.82, 2.24) is 4.31 Å². The molecule has 2 aliphatic heterocycles. The van der Waals surface area contributed by atoms with Gasteiger partial charge in [-0.15, -0.1) is 0 Å². The normalized spacial score (nSPS) is 23.4. The highest BCUT2D eigenvalue weighted by molar-refractivity contribution is 7.89. The number of carbonyl (C=O) groups excluding carboxylic acids is 1. The minimum Gasteiger partial charge on any atom is -0.379 e. The van der Waals surface area contributed by atoms with Crippen LogP contribution in [-0.2, 0) is 19.6 Å². The molecule has 1 aromatic carbocycles. The van der Waals surface area contributed by atoms with Gasteiger partial charge in [-0.2, -0.15) is 4.31 Å². The van der Waals surface area contributed by atoms with Crippen molar-refractivity contribution in [2.75, 3.05) is 38.3 Å². The quantitative estimate of drug-likeness (QED) is 0.810. The van der Waals surface area contributed by atoms with Crippen molar-refractivity contribution >= 4 is 21.6 Å². The van der Waals surface area contributed by atoms with Gasteiger partial charge >= 0.3 is 0 Å². The number of morpholine rings is 1. The van der Waals surface area contributed by atoms with Crippen LogP contribution in [0.1, 0.15) is 18.4 Å². The zero-order valence-corrected chi connectivity index (χ0v) is 12.9. The van der Waals surface area contributed by atoms with Gasteiger partial charge in [0.25, 0.3) is 0 Å². The van der Waals surface area contributed by atoms with Gasteiger partial charge in [0, 0.05) is 25.8 Å². The number of carbonyl (C=O) groups is 1. The summed E-state index contributed by atoms with van der Waals surface area (Å²) in [4.78, 5) is 13.8. The summed E-state index contributed by atoms with van der Waals surface area (Å²) in [7, 11) is -1.81. The lowest BCUT2D eigenvalue weighted by molar-refractivity contribution is -0.118. The molecule has 1 atom stereocenters. The Kier molecular flexibility index (Phi) is 3.51. The number of sulfonamides is 1. The molecule has 1 unspecified atom stereocenters. The molecule has 7 heteroatoms. The molecular formula is C14H18N2O4S. The first-order valence-electron chi connectivity index (χ1n) is 6.92. The topological polar surface area (TPSA) is 66.9 Å². The number of hydrogen-bond acceptors (Lipinski definition) is 4. The zero-order chi connectivity index (χ0) is 15.2. The Bertz CT molecular complexity index is 680. The predicted octanol–water partition coefficient (Wildman–Crippen LogP) is 0.787. The highest BCUT2D eigenvalue weighted by Gasteiger charge is 2.34. The molecule has 0 N–H and O–H groups in total. The van der Waals surface area contributed by atoms with Gasteiger partial charge in [0.2, 0.25) is 15.9 Å². The molecular weight excluding hydrogens is 292 g/mol. The van der Waals surface area contributed by atoms with Crippen LogP contribution in [0.3, 0.4) is 0 Å². The summed E-state index contributed by atoms with van der Waals surface area (Å²) in [6, 6.07) is 4.92. The molecule has 6 nitrogen and oxygen atoms in total. The van der Waals surface area contributed by atoms with Crippen LogP contribution >= 0.6 is 0 Å². The van der Waals surface area contributed by atoms with Gasteiger partial charge in [0.1, 0.15) is 0 Å². The second-order valence-corrected chi connectivity index (χ2v) is 7.29. The lowest BCUT2D eigenvalue weighted by atomic mass is 10.0. The molecule has 1 amide bonds. The van der Waals surface area contributed by atoms with E-state index in [2.05, 4.69) is 0 Å². The fraction of sp³-hybridized carbons (Fsp3) is 0.500. The van der Waals surface area contributed by atoms with E-state index in [1.165, 1.54) is 4.31 Å². The average Bonchev–Trinajstić information content (AvgIpc) is 2.72. The smallest absolute Gasteiger partial charge is 0.243 e.